The lowest BCUT2D eigenvalue weighted by atomic mass is 10.1. The van der Waals surface area contributed by atoms with Crippen molar-refractivity contribution in [2.45, 2.75) is 0 Å². The fourth-order valence-electron chi connectivity index (χ4n) is 8.88. The van der Waals surface area contributed by atoms with Crippen molar-refractivity contribution >= 4 is 87.4 Å². The van der Waals surface area contributed by atoms with Crippen LogP contribution in [-0.2, 0) is 0 Å². The lowest BCUT2D eigenvalue weighted by Gasteiger charge is -2.11. The molecule has 0 saturated carbocycles. The lowest BCUT2D eigenvalue weighted by molar-refractivity contribution is 0.668. The second-order valence-electron chi connectivity index (χ2n) is 13.7. The molecule has 4 heterocycles. The summed E-state index contributed by atoms with van der Waals surface area (Å²) in [4.78, 5) is 0. The molecule has 0 saturated heterocycles. The fourth-order valence-corrected chi connectivity index (χ4v) is 8.88. The van der Waals surface area contributed by atoms with Crippen molar-refractivity contribution in [3.8, 4) is 17.1 Å². The number of hydrogen-bond acceptors (Lipinski definition) is 1. The van der Waals surface area contributed by atoms with Gasteiger partial charge in [-0.25, -0.2) is 0 Å². The summed E-state index contributed by atoms with van der Waals surface area (Å²) in [6, 6.07) is 63.5. The Morgan fingerprint density at radius 2 is 0.731 bits per heavy atom. The fraction of sp³-hybridized carbons (Fsp3) is 0. The molecule has 12 aromatic rings. The van der Waals surface area contributed by atoms with Gasteiger partial charge in [0, 0.05) is 66.2 Å². The highest BCUT2D eigenvalue weighted by atomic mass is 16.3. The van der Waals surface area contributed by atoms with Gasteiger partial charge in [0.05, 0.1) is 33.1 Å². The third-order valence-corrected chi connectivity index (χ3v) is 11.0. The molecule has 0 radical (unpaired) electrons. The number of furan rings is 1. The normalized spacial score (nSPS) is 12.2. The molecular formula is C48H29N3O. The summed E-state index contributed by atoms with van der Waals surface area (Å²) in [7, 11) is 0. The van der Waals surface area contributed by atoms with Crippen LogP contribution in [0.3, 0.4) is 0 Å². The van der Waals surface area contributed by atoms with E-state index in [9.17, 15) is 0 Å². The topological polar surface area (TPSA) is 27.9 Å². The Balaban J connectivity index is 1.15. The van der Waals surface area contributed by atoms with Crippen molar-refractivity contribution in [2.24, 2.45) is 0 Å². The Kier molecular flexibility index (Phi) is 5.47. The molecule has 0 aliphatic heterocycles. The van der Waals surface area contributed by atoms with E-state index < -0.39 is 0 Å². The molecule has 4 heteroatoms. The summed E-state index contributed by atoms with van der Waals surface area (Å²) in [6.45, 7) is 0. The number of para-hydroxylation sites is 5. The Hall–Kier alpha value is -7.04. The number of rotatable bonds is 3. The van der Waals surface area contributed by atoms with Crippen LogP contribution in [0, 0.1) is 0 Å². The predicted molar refractivity (Wildman–Crippen MR) is 217 cm³/mol. The predicted octanol–water partition coefficient (Wildman–Crippen LogP) is 12.9. The lowest BCUT2D eigenvalue weighted by Crippen LogP contribution is -1.96. The molecule has 4 nitrogen and oxygen atoms in total. The van der Waals surface area contributed by atoms with Gasteiger partial charge in [-0.3, -0.25) is 0 Å². The van der Waals surface area contributed by atoms with Gasteiger partial charge in [0.1, 0.15) is 11.2 Å². The van der Waals surface area contributed by atoms with Gasteiger partial charge in [0.25, 0.3) is 0 Å². The summed E-state index contributed by atoms with van der Waals surface area (Å²) < 4.78 is 13.6. The quantitative estimate of drug-likeness (QED) is 0.185. The van der Waals surface area contributed by atoms with E-state index in [-0.39, 0.29) is 0 Å². The Labute approximate surface area is 297 Å². The standard InChI is InChI=1S/C48H29N3O/c1-2-12-30(13-3-1)49-39-18-8-4-14-33(39)38-28-31(23-25-42(38)49)50-40-19-9-5-16-36(40)47-43(50)26-27-44-48(47)37-17-6-10-20-41(37)51(44)32-22-24-35-34-15-7-11-21-45(34)52-46(35)29-32/h1-29H. The largest absolute Gasteiger partial charge is 0.456 e. The van der Waals surface area contributed by atoms with E-state index in [1.165, 1.54) is 65.4 Å². The first-order valence-electron chi connectivity index (χ1n) is 17.8. The van der Waals surface area contributed by atoms with Crippen molar-refractivity contribution in [1.29, 1.82) is 0 Å². The van der Waals surface area contributed by atoms with Crippen LogP contribution in [0.4, 0.5) is 0 Å². The smallest absolute Gasteiger partial charge is 0.137 e. The van der Waals surface area contributed by atoms with Gasteiger partial charge in [-0.2, -0.15) is 0 Å². The molecule has 0 aliphatic carbocycles. The minimum absolute atomic E-state index is 0.895. The first-order chi connectivity index (χ1) is 25.8. The van der Waals surface area contributed by atoms with E-state index in [4.69, 9.17) is 4.42 Å². The zero-order valence-corrected chi connectivity index (χ0v) is 28.0. The van der Waals surface area contributed by atoms with Crippen LogP contribution < -0.4 is 0 Å². The zero-order chi connectivity index (χ0) is 33.9. The van der Waals surface area contributed by atoms with E-state index in [2.05, 4.69) is 177 Å². The molecule has 8 aromatic carbocycles. The average Bonchev–Trinajstić information content (AvgIpc) is 3.94. The minimum Gasteiger partial charge on any atom is -0.456 e. The molecule has 12 rings (SSSR count). The SMILES string of the molecule is c1ccc(-n2c3ccccc3c3cc(-n4c5ccccc5c5c6c7ccccc7n(-c7ccc8c(c7)oc7ccccc78)c6ccc54)ccc32)cc1. The second kappa shape index (κ2) is 10.3. The van der Waals surface area contributed by atoms with Gasteiger partial charge < -0.3 is 18.1 Å². The molecule has 0 unspecified atom stereocenters. The molecule has 0 spiro atoms. The van der Waals surface area contributed by atoms with Gasteiger partial charge in [-0.05, 0) is 78.9 Å². The van der Waals surface area contributed by atoms with E-state index in [0.717, 1.165) is 39.0 Å². The van der Waals surface area contributed by atoms with Crippen molar-refractivity contribution < 1.29 is 4.42 Å². The molecule has 52 heavy (non-hydrogen) atoms. The van der Waals surface area contributed by atoms with Crippen LogP contribution >= 0.6 is 0 Å². The highest BCUT2D eigenvalue weighted by molar-refractivity contribution is 6.29. The number of benzene rings is 8. The van der Waals surface area contributed by atoms with Crippen molar-refractivity contribution in [2.75, 3.05) is 0 Å². The van der Waals surface area contributed by atoms with Gasteiger partial charge in [-0.15, -0.1) is 0 Å². The molecule has 242 valence electrons. The van der Waals surface area contributed by atoms with E-state index in [1.807, 2.05) is 12.1 Å². The van der Waals surface area contributed by atoms with Crippen molar-refractivity contribution in [3.05, 3.63) is 176 Å². The summed E-state index contributed by atoms with van der Waals surface area (Å²) >= 11 is 0. The molecule has 0 atom stereocenters. The number of aromatic nitrogens is 3. The van der Waals surface area contributed by atoms with E-state index >= 15 is 0 Å². The molecule has 0 amide bonds. The monoisotopic (exact) mass is 663 g/mol. The first kappa shape index (κ1) is 27.7. The van der Waals surface area contributed by atoms with Crippen LogP contribution in [0.2, 0.25) is 0 Å². The van der Waals surface area contributed by atoms with E-state index in [1.54, 1.807) is 0 Å². The number of fused-ring (bicyclic) bond motifs is 13. The Morgan fingerprint density at radius 3 is 1.42 bits per heavy atom. The maximum absolute atomic E-state index is 6.36. The average molecular weight is 664 g/mol. The highest BCUT2D eigenvalue weighted by Gasteiger charge is 2.22. The highest BCUT2D eigenvalue weighted by Crippen LogP contribution is 2.43. The van der Waals surface area contributed by atoms with Crippen LogP contribution in [0.25, 0.3) is 104 Å². The third kappa shape index (κ3) is 3.65. The van der Waals surface area contributed by atoms with Crippen molar-refractivity contribution in [1.82, 2.24) is 13.7 Å². The molecule has 0 N–H and O–H groups in total. The van der Waals surface area contributed by atoms with Gasteiger partial charge in [-0.1, -0.05) is 91.0 Å². The number of nitrogens with zero attached hydrogens (tertiary/aromatic N) is 3. The van der Waals surface area contributed by atoms with Crippen LogP contribution in [-0.4, -0.2) is 13.7 Å². The summed E-state index contributed by atoms with van der Waals surface area (Å²) in [6.07, 6.45) is 0. The molecule has 0 bridgehead atoms. The summed E-state index contributed by atoms with van der Waals surface area (Å²) in [5, 5.41) is 9.76. The Morgan fingerprint density at radius 1 is 0.269 bits per heavy atom. The second-order valence-corrected chi connectivity index (χ2v) is 13.7. The minimum atomic E-state index is 0.895. The maximum Gasteiger partial charge on any atom is 0.137 e. The van der Waals surface area contributed by atoms with E-state index in [0.29, 0.717) is 0 Å². The van der Waals surface area contributed by atoms with Gasteiger partial charge >= 0.3 is 0 Å². The maximum atomic E-state index is 6.36. The third-order valence-electron chi connectivity index (χ3n) is 11.0. The first-order valence-corrected chi connectivity index (χ1v) is 17.8. The summed E-state index contributed by atoms with van der Waals surface area (Å²) in [5.41, 5.74) is 12.3. The zero-order valence-electron chi connectivity index (χ0n) is 28.0. The molecule has 0 aliphatic rings. The summed E-state index contributed by atoms with van der Waals surface area (Å²) in [5.74, 6) is 0. The molecule has 4 aromatic heterocycles. The molecule has 0 fully saturated rings. The van der Waals surface area contributed by atoms with Crippen molar-refractivity contribution in [3.63, 3.8) is 0 Å². The van der Waals surface area contributed by atoms with Gasteiger partial charge in [0.2, 0.25) is 0 Å². The van der Waals surface area contributed by atoms with Crippen LogP contribution in [0.5, 0.6) is 0 Å². The van der Waals surface area contributed by atoms with Gasteiger partial charge in [0.15, 0.2) is 0 Å². The number of hydrogen-bond donors (Lipinski definition) is 0. The molecular weight excluding hydrogens is 635 g/mol. The Bertz CT molecular complexity index is 3410. The van der Waals surface area contributed by atoms with Crippen LogP contribution in [0.1, 0.15) is 0 Å². The van der Waals surface area contributed by atoms with Crippen LogP contribution in [0.15, 0.2) is 180 Å².